The van der Waals surface area contributed by atoms with Crippen LogP contribution in [0.2, 0.25) is 0 Å². The van der Waals surface area contributed by atoms with Crippen LogP contribution in [0.25, 0.3) is 0 Å². The van der Waals surface area contributed by atoms with Crippen molar-refractivity contribution >= 4 is 29.1 Å². The van der Waals surface area contributed by atoms with Crippen LogP contribution in [-0.4, -0.2) is 23.0 Å². The van der Waals surface area contributed by atoms with Gasteiger partial charge >= 0.3 is 5.97 Å². The predicted molar refractivity (Wildman–Crippen MR) is 97.4 cm³/mol. The van der Waals surface area contributed by atoms with Gasteiger partial charge in [0.25, 0.3) is 0 Å². The maximum absolute atomic E-state index is 13.9. The van der Waals surface area contributed by atoms with Gasteiger partial charge in [0.1, 0.15) is 5.82 Å². The molecule has 0 aliphatic heterocycles. The van der Waals surface area contributed by atoms with Gasteiger partial charge in [0.15, 0.2) is 17.5 Å². The van der Waals surface area contributed by atoms with E-state index in [1.807, 2.05) is 0 Å². The maximum Gasteiger partial charge on any atom is 0.339 e. The summed E-state index contributed by atoms with van der Waals surface area (Å²) < 4.78 is 45.1. The first kappa shape index (κ1) is 19.2. The highest BCUT2D eigenvalue weighted by Gasteiger charge is 2.15. The number of aryl methyl sites for hydroxylation is 1. The Kier molecular flexibility index (Phi) is 5.44. The molecule has 9 heteroatoms. The van der Waals surface area contributed by atoms with Gasteiger partial charge in [-0.1, -0.05) is 12.1 Å². The molecular formula is C19H15F3N4O2. The van der Waals surface area contributed by atoms with Crippen molar-refractivity contribution in [3.05, 3.63) is 71.2 Å². The summed E-state index contributed by atoms with van der Waals surface area (Å²) in [5.41, 5.74) is 0.934. The Morgan fingerprint density at radius 1 is 0.964 bits per heavy atom. The van der Waals surface area contributed by atoms with Gasteiger partial charge in [-0.15, -0.1) is 0 Å². The number of hydrogen-bond donors (Lipinski definition) is 2. The van der Waals surface area contributed by atoms with Crippen molar-refractivity contribution in [2.75, 3.05) is 17.7 Å². The summed E-state index contributed by atoms with van der Waals surface area (Å²) in [7, 11) is 1.27. The molecule has 0 unspecified atom stereocenters. The highest BCUT2D eigenvalue weighted by atomic mass is 19.2. The van der Waals surface area contributed by atoms with Crippen molar-refractivity contribution in [3.63, 3.8) is 0 Å². The number of nitrogens with zero attached hydrogens (tertiary/aromatic N) is 2. The Hall–Kier alpha value is -3.62. The second-order valence-electron chi connectivity index (χ2n) is 5.73. The molecule has 3 rings (SSSR count). The zero-order valence-electron chi connectivity index (χ0n) is 14.9. The van der Waals surface area contributed by atoms with E-state index in [2.05, 4.69) is 20.6 Å². The first-order chi connectivity index (χ1) is 13.4. The third-order valence-electron chi connectivity index (χ3n) is 3.73. The van der Waals surface area contributed by atoms with Crippen molar-refractivity contribution in [1.82, 2.24) is 9.97 Å². The molecule has 0 aliphatic rings. The molecule has 2 aromatic carbocycles. The number of para-hydroxylation sites is 1. The summed E-state index contributed by atoms with van der Waals surface area (Å²) in [5.74, 6) is -4.54. The Labute approximate surface area is 158 Å². The lowest BCUT2D eigenvalue weighted by Crippen LogP contribution is -2.08. The lowest BCUT2D eigenvalue weighted by Gasteiger charge is -2.12. The van der Waals surface area contributed by atoms with Crippen LogP contribution in [0, 0.1) is 24.4 Å². The molecule has 28 heavy (non-hydrogen) atoms. The molecule has 0 amide bonds. The van der Waals surface area contributed by atoms with E-state index in [0.29, 0.717) is 22.8 Å². The van der Waals surface area contributed by atoms with Gasteiger partial charge in [0, 0.05) is 11.8 Å². The largest absolute Gasteiger partial charge is 0.465 e. The summed E-state index contributed by atoms with van der Waals surface area (Å²) in [6, 6.07) is 10.1. The molecule has 0 spiro atoms. The number of carbonyl (C=O) groups excluding carboxylic acids is 1. The fourth-order valence-electron chi connectivity index (χ4n) is 2.45. The third-order valence-corrected chi connectivity index (χ3v) is 3.73. The second-order valence-corrected chi connectivity index (χ2v) is 5.73. The van der Waals surface area contributed by atoms with Gasteiger partial charge in [0.05, 0.1) is 24.0 Å². The number of benzene rings is 2. The maximum atomic E-state index is 13.9. The molecule has 0 saturated heterocycles. The number of aromatic nitrogens is 2. The van der Waals surface area contributed by atoms with Crippen LogP contribution in [0.5, 0.6) is 0 Å². The molecule has 144 valence electrons. The fourth-order valence-corrected chi connectivity index (χ4v) is 2.45. The van der Waals surface area contributed by atoms with Gasteiger partial charge in [-0.3, -0.25) is 0 Å². The average Bonchev–Trinajstić information content (AvgIpc) is 2.68. The summed E-state index contributed by atoms with van der Waals surface area (Å²) in [6.45, 7) is 1.67. The minimum Gasteiger partial charge on any atom is -0.465 e. The van der Waals surface area contributed by atoms with Gasteiger partial charge in [-0.2, -0.15) is 4.98 Å². The Morgan fingerprint density at radius 2 is 1.71 bits per heavy atom. The number of carbonyl (C=O) groups is 1. The van der Waals surface area contributed by atoms with E-state index in [9.17, 15) is 18.0 Å². The Morgan fingerprint density at radius 3 is 2.46 bits per heavy atom. The fraction of sp³-hybridized carbons (Fsp3) is 0.105. The van der Waals surface area contributed by atoms with Crippen molar-refractivity contribution in [3.8, 4) is 0 Å². The number of anilines is 4. The first-order valence-electron chi connectivity index (χ1n) is 8.09. The molecular weight excluding hydrogens is 373 g/mol. The predicted octanol–water partition coefficient (Wildman–Crippen LogP) is 4.48. The van der Waals surface area contributed by atoms with Crippen LogP contribution in [0.3, 0.4) is 0 Å². The van der Waals surface area contributed by atoms with Gasteiger partial charge < -0.3 is 15.4 Å². The van der Waals surface area contributed by atoms with Gasteiger partial charge in [0.2, 0.25) is 5.95 Å². The Balaban J connectivity index is 1.91. The molecule has 0 radical (unpaired) electrons. The summed E-state index contributed by atoms with van der Waals surface area (Å²) in [5, 5.41) is 5.49. The number of esters is 1. The SMILES string of the molecule is COC(=O)c1ccccc1Nc1cc(C)nc(Nc2ccc(F)c(F)c2F)n1. The summed E-state index contributed by atoms with van der Waals surface area (Å²) >= 11 is 0. The normalized spacial score (nSPS) is 10.5. The molecule has 0 bridgehead atoms. The van der Waals surface area contributed by atoms with E-state index in [1.54, 1.807) is 37.3 Å². The van der Waals surface area contributed by atoms with Crippen LogP contribution in [0.15, 0.2) is 42.5 Å². The zero-order chi connectivity index (χ0) is 20.3. The number of rotatable bonds is 5. The van der Waals surface area contributed by atoms with Crippen molar-refractivity contribution < 1.29 is 22.7 Å². The van der Waals surface area contributed by atoms with Crippen LogP contribution in [0.1, 0.15) is 16.1 Å². The third kappa shape index (κ3) is 4.03. The molecule has 3 aromatic rings. The van der Waals surface area contributed by atoms with Crippen LogP contribution in [0.4, 0.5) is 36.3 Å². The van der Waals surface area contributed by atoms with E-state index in [4.69, 9.17) is 4.74 Å². The molecule has 0 atom stereocenters. The van der Waals surface area contributed by atoms with E-state index in [0.717, 1.165) is 12.1 Å². The lowest BCUT2D eigenvalue weighted by atomic mass is 10.2. The van der Waals surface area contributed by atoms with Crippen molar-refractivity contribution in [1.29, 1.82) is 0 Å². The van der Waals surface area contributed by atoms with E-state index >= 15 is 0 Å². The van der Waals surface area contributed by atoms with Gasteiger partial charge in [-0.05, 0) is 31.2 Å². The van der Waals surface area contributed by atoms with Crippen molar-refractivity contribution in [2.45, 2.75) is 6.92 Å². The quantitative estimate of drug-likeness (QED) is 0.496. The minimum atomic E-state index is -1.59. The van der Waals surface area contributed by atoms with E-state index in [-0.39, 0.29) is 11.6 Å². The minimum absolute atomic E-state index is 0.0389. The van der Waals surface area contributed by atoms with Crippen LogP contribution < -0.4 is 10.6 Å². The molecule has 0 aliphatic carbocycles. The van der Waals surface area contributed by atoms with Crippen molar-refractivity contribution in [2.24, 2.45) is 0 Å². The van der Waals surface area contributed by atoms with Crippen LogP contribution >= 0.6 is 0 Å². The standard InChI is InChI=1S/C19H15F3N4O2/c1-10-9-15(24-13-6-4-3-5-11(13)18(27)28-2)26-19(23-10)25-14-8-7-12(20)16(21)17(14)22/h3-9H,1-2H3,(H2,23,24,25,26). The number of nitrogens with one attached hydrogen (secondary N) is 2. The number of halogens is 3. The van der Waals surface area contributed by atoms with Crippen LogP contribution in [-0.2, 0) is 4.74 Å². The molecule has 1 heterocycles. The summed E-state index contributed by atoms with van der Waals surface area (Å²) in [6.07, 6.45) is 0. The Bertz CT molecular complexity index is 1040. The first-order valence-corrected chi connectivity index (χ1v) is 8.09. The smallest absolute Gasteiger partial charge is 0.339 e. The highest BCUT2D eigenvalue weighted by Crippen LogP contribution is 2.25. The van der Waals surface area contributed by atoms with E-state index in [1.165, 1.54) is 7.11 Å². The molecule has 0 saturated carbocycles. The topological polar surface area (TPSA) is 76.1 Å². The number of methoxy groups -OCH3 is 1. The highest BCUT2D eigenvalue weighted by molar-refractivity contribution is 5.96. The molecule has 6 nitrogen and oxygen atoms in total. The number of ether oxygens (including phenoxy) is 1. The monoisotopic (exact) mass is 388 g/mol. The van der Waals surface area contributed by atoms with Gasteiger partial charge in [-0.25, -0.2) is 22.9 Å². The molecule has 1 aromatic heterocycles. The second kappa shape index (κ2) is 7.95. The summed E-state index contributed by atoms with van der Waals surface area (Å²) in [4.78, 5) is 20.2. The van der Waals surface area contributed by atoms with E-state index < -0.39 is 23.4 Å². The zero-order valence-corrected chi connectivity index (χ0v) is 14.9. The number of hydrogen-bond acceptors (Lipinski definition) is 6. The lowest BCUT2D eigenvalue weighted by molar-refractivity contribution is 0.0602. The molecule has 2 N–H and O–H groups in total. The molecule has 0 fully saturated rings. The average molecular weight is 388 g/mol.